The van der Waals surface area contributed by atoms with Gasteiger partial charge in [0, 0.05) is 15.3 Å². The van der Waals surface area contributed by atoms with E-state index < -0.39 is 0 Å². The zero-order valence-corrected chi connectivity index (χ0v) is 15.6. The summed E-state index contributed by atoms with van der Waals surface area (Å²) in [5.41, 5.74) is 2.24. The fourth-order valence-corrected chi connectivity index (χ4v) is 3.63. The van der Waals surface area contributed by atoms with Crippen molar-refractivity contribution in [2.24, 2.45) is 0 Å². The molecule has 0 atom stereocenters. The average molecular weight is 384 g/mol. The second kappa shape index (κ2) is 6.90. The maximum Gasteiger partial charge on any atom is 0.259 e. The quantitative estimate of drug-likeness (QED) is 0.445. The van der Waals surface area contributed by atoms with E-state index >= 15 is 0 Å². The molecule has 0 aliphatic heterocycles. The SMILES string of the molecule is Cc1ccc(/C=C(\Cl)c2nnc(-c3c(-c4ccccc4)noc3C)o2)s1. The molecule has 0 unspecified atom stereocenters. The van der Waals surface area contributed by atoms with Gasteiger partial charge in [-0.05, 0) is 32.1 Å². The molecule has 7 heteroatoms. The van der Waals surface area contributed by atoms with E-state index in [4.69, 9.17) is 20.5 Å². The van der Waals surface area contributed by atoms with E-state index in [2.05, 4.69) is 15.4 Å². The van der Waals surface area contributed by atoms with Gasteiger partial charge in [0.25, 0.3) is 11.8 Å². The number of thiophene rings is 1. The van der Waals surface area contributed by atoms with E-state index in [0.717, 1.165) is 10.4 Å². The highest BCUT2D eigenvalue weighted by Crippen LogP contribution is 2.34. The summed E-state index contributed by atoms with van der Waals surface area (Å²) in [6.45, 7) is 3.85. The molecule has 0 bridgehead atoms. The molecular formula is C19H14ClN3O2S. The number of hydrogen-bond acceptors (Lipinski definition) is 6. The zero-order chi connectivity index (χ0) is 18.1. The molecule has 0 N–H and O–H groups in total. The highest BCUT2D eigenvalue weighted by Gasteiger charge is 2.22. The summed E-state index contributed by atoms with van der Waals surface area (Å²) in [4.78, 5) is 2.23. The van der Waals surface area contributed by atoms with Crippen LogP contribution in [0.25, 0.3) is 33.8 Å². The number of benzene rings is 1. The molecule has 26 heavy (non-hydrogen) atoms. The number of halogens is 1. The van der Waals surface area contributed by atoms with E-state index in [9.17, 15) is 0 Å². The van der Waals surface area contributed by atoms with Gasteiger partial charge in [0.05, 0.1) is 0 Å². The molecule has 0 saturated carbocycles. The first kappa shape index (κ1) is 16.8. The molecule has 5 nitrogen and oxygen atoms in total. The largest absolute Gasteiger partial charge is 0.415 e. The molecule has 3 heterocycles. The highest BCUT2D eigenvalue weighted by atomic mass is 35.5. The van der Waals surface area contributed by atoms with E-state index in [1.165, 1.54) is 4.88 Å². The van der Waals surface area contributed by atoms with Crippen LogP contribution in [0.4, 0.5) is 0 Å². The predicted molar refractivity (Wildman–Crippen MR) is 103 cm³/mol. The van der Waals surface area contributed by atoms with Gasteiger partial charge in [-0.2, -0.15) is 0 Å². The lowest BCUT2D eigenvalue weighted by Gasteiger charge is -1.98. The first-order valence-corrected chi connectivity index (χ1v) is 9.11. The molecule has 3 aromatic heterocycles. The topological polar surface area (TPSA) is 65.0 Å². The summed E-state index contributed by atoms with van der Waals surface area (Å²) >= 11 is 8.00. The maximum absolute atomic E-state index is 6.35. The molecule has 0 spiro atoms. The summed E-state index contributed by atoms with van der Waals surface area (Å²) in [5, 5.41) is 12.7. The van der Waals surface area contributed by atoms with Crippen LogP contribution in [-0.2, 0) is 0 Å². The van der Waals surface area contributed by atoms with Crippen molar-refractivity contribution in [2.75, 3.05) is 0 Å². The number of aryl methyl sites for hydroxylation is 2. The van der Waals surface area contributed by atoms with Crippen LogP contribution >= 0.6 is 22.9 Å². The van der Waals surface area contributed by atoms with Gasteiger partial charge in [0.1, 0.15) is 22.0 Å². The lowest BCUT2D eigenvalue weighted by Crippen LogP contribution is -1.84. The van der Waals surface area contributed by atoms with Gasteiger partial charge in [0.15, 0.2) is 0 Å². The van der Waals surface area contributed by atoms with Crippen LogP contribution in [0.5, 0.6) is 0 Å². The van der Waals surface area contributed by atoms with Crippen LogP contribution < -0.4 is 0 Å². The molecule has 4 aromatic rings. The minimum absolute atomic E-state index is 0.257. The third-order valence-electron chi connectivity index (χ3n) is 3.78. The second-order valence-electron chi connectivity index (χ2n) is 5.68. The van der Waals surface area contributed by atoms with E-state index in [0.29, 0.717) is 27.9 Å². The Hall–Kier alpha value is -2.70. The third-order valence-corrected chi connectivity index (χ3v) is 5.00. The van der Waals surface area contributed by atoms with E-state index in [1.54, 1.807) is 11.3 Å². The molecule has 130 valence electrons. The molecule has 0 radical (unpaired) electrons. The molecule has 1 aromatic carbocycles. The van der Waals surface area contributed by atoms with Gasteiger partial charge in [0.2, 0.25) is 0 Å². The fraction of sp³-hybridized carbons (Fsp3) is 0.105. The predicted octanol–water partition coefficient (Wildman–Crippen LogP) is 5.81. The molecule has 0 saturated heterocycles. The van der Waals surface area contributed by atoms with Crippen molar-refractivity contribution < 1.29 is 8.94 Å². The summed E-state index contributed by atoms with van der Waals surface area (Å²) in [7, 11) is 0. The number of hydrogen-bond donors (Lipinski definition) is 0. The second-order valence-corrected chi connectivity index (χ2v) is 7.41. The summed E-state index contributed by atoms with van der Waals surface area (Å²) in [6, 6.07) is 13.7. The molecule has 4 rings (SSSR count). The van der Waals surface area contributed by atoms with Gasteiger partial charge < -0.3 is 8.94 Å². The number of aromatic nitrogens is 3. The summed E-state index contributed by atoms with van der Waals surface area (Å²) in [5.74, 6) is 1.19. The minimum Gasteiger partial charge on any atom is -0.415 e. The summed E-state index contributed by atoms with van der Waals surface area (Å²) < 4.78 is 11.1. The smallest absolute Gasteiger partial charge is 0.259 e. The normalized spacial score (nSPS) is 11.9. The van der Waals surface area contributed by atoms with Gasteiger partial charge >= 0.3 is 0 Å². The lowest BCUT2D eigenvalue weighted by molar-refractivity contribution is 0.399. The Bertz CT molecular complexity index is 1080. The Morgan fingerprint density at radius 1 is 1.08 bits per heavy atom. The van der Waals surface area contributed by atoms with Crippen LogP contribution in [0.3, 0.4) is 0 Å². The van der Waals surface area contributed by atoms with Gasteiger partial charge in [-0.15, -0.1) is 21.5 Å². The summed E-state index contributed by atoms with van der Waals surface area (Å²) in [6.07, 6.45) is 1.81. The van der Waals surface area contributed by atoms with Crippen LogP contribution in [0, 0.1) is 13.8 Å². The van der Waals surface area contributed by atoms with Crippen LogP contribution in [0.15, 0.2) is 51.4 Å². The molecule has 0 fully saturated rings. The number of rotatable bonds is 4. The standard InChI is InChI=1S/C19H14ClN3O2S/c1-11-8-9-14(26-11)10-15(20)18-21-22-19(24-18)16-12(2)25-23-17(16)13-6-4-3-5-7-13/h3-10H,1-2H3/b15-10-. The highest BCUT2D eigenvalue weighted by molar-refractivity contribution is 7.12. The lowest BCUT2D eigenvalue weighted by atomic mass is 10.1. The van der Waals surface area contributed by atoms with Gasteiger partial charge in [-0.1, -0.05) is 47.1 Å². The molecule has 0 aliphatic carbocycles. The molecular weight excluding hydrogens is 370 g/mol. The van der Waals surface area contributed by atoms with Gasteiger partial charge in [-0.3, -0.25) is 0 Å². The van der Waals surface area contributed by atoms with Crippen LogP contribution in [0.2, 0.25) is 0 Å². The van der Waals surface area contributed by atoms with Crippen molar-refractivity contribution in [3.63, 3.8) is 0 Å². The Balaban J connectivity index is 1.71. The van der Waals surface area contributed by atoms with Crippen molar-refractivity contribution in [2.45, 2.75) is 13.8 Å². The van der Waals surface area contributed by atoms with Crippen molar-refractivity contribution in [3.05, 3.63) is 63.9 Å². The van der Waals surface area contributed by atoms with Gasteiger partial charge in [-0.25, -0.2) is 0 Å². The van der Waals surface area contributed by atoms with Crippen molar-refractivity contribution in [1.82, 2.24) is 15.4 Å². The zero-order valence-electron chi connectivity index (χ0n) is 14.1. The Kier molecular flexibility index (Phi) is 4.44. The Morgan fingerprint density at radius 2 is 1.88 bits per heavy atom. The average Bonchev–Trinajstić information content (AvgIpc) is 3.35. The first-order chi connectivity index (χ1) is 12.6. The van der Waals surface area contributed by atoms with Crippen molar-refractivity contribution >= 4 is 34.0 Å². The molecule has 0 aliphatic rings. The fourth-order valence-electron chi connectivity index (χ4n) is 2.56. The van der Waals surface area contributed by atoms with E-state index in [-0.39, 0.29) is 5.89 Å². The maximum atomic E-state index is 6.35. The number of nitrogens with zero attached hydrogens (tertiary/aromatic N) is 3. The van der Waals surface area contributed by atoms with E-state index in [1.807, 2.05) is 62.4 Å². The van der Waals surface area contributed by atoms with Crippen molar-refractivity contribution in [3.8, 4) is 22.7 Å². The Labute approximate surface area is 158 Å². The first-order valence-electron chi connectivity index (χ1n) is 7.91. The van der Waals surface area contributed by atoms with Crippen LogP contribution in [-0.4, -0.2) is 15.4 Å². The monoisotopic (exact) mass is 383 g/mol. The van der Waals surface area contributed by atoms with Crippen molar-refractivity contribution in [1.29, 1.82) is 0 Å². The third kappa shape index (κ3) is 3.21. The van der Waals surface area contributed by atoms with Crippen LogP contribution in [0.1, 0.15) is 21.4 Å². The Morgan fingerprint density at radius 3 is 2.62 bits per heavy atom. The molecule has 0 amide bonds. The minimum atomic E-state index is 0.257.